The Kier molecular flexibility index (Phi) is 3.53. The third-order valence-electron chi connectivity index (χ3n) is 1.86. The van der Waals surface area contributed by atoms with Crippen LogP contribution in [0, 0.1) is 0 Å². The van der Waals surface area contributed by atoms with Crippen LogP contribution >= 0.6 is 23.2 Å². The van der Waals surface area contributed by atoms with Crippen LogP contribution in [0.15, 0.2) is 18.2 Å². The lowest BCUT2D eigenvalue weighted by atomic mass is 10.2. The molecule has 1 rings (SSSR count). The molecule has 0 aliphatic carbocycles. The molecule has 0 N–H and O–H groups in total. The van der Waals surface area contributed by atoms with Crippen molar-refractivity contribution in [1.29, 1.82) is 0 Å². The molecule has 0 saturated carbocycles. The van der Waals surface area contributed by atoms with E-state index < -0.39 is 14.0 Å². The predicted molar refractivity (Wildman–Crippen MR) is 60.1 cm³/mol. The van der Waals surface area contributed by atoms with Gasteiger partial charge in [0.25, 0.3) is 5.24 Å². The average molecular weight is 233 g/mol. The molecule has 1 nitrogen and oxygen atoms in total. The van der Waals surface area contributed by atoms with Gasteiger partial charge in [-0.25, -0.2) is 0 Å². The normalized spacial score (nSPS) is 10.5. The first-order chi connectivity index (χ1) is 6.04. The molecule has 0 fully saturated rings. The van der Waals surface area contributed by atoms with Gasteiger partial charge in [-0.2, -0.15) is 0 Å². The molecule has 0 aliphatic rings. The van der Waals surface area contributed by atoms with Crippen molar-refractivity contribution < 1.29 is 4.79 Å². The Morgan fingerprint density at radius 1 is 1.38 bits per heavy atom. The molecule has 0 spiro atoms. The first-order valence-corrected chi connectivity index (χ1v) is 7.66. The van der Waals surface area contributed by atoms with Gasteiger partial charge < -0.3 is 0 Å². The zero-order chi connectivity index (χ0) is 10.0. The lowest BCUT2D eigenvalue weighted by molar-refractivity contribution is 0.108. The molecule has 1 aromatic rings. The highest BCUT2D eigenvalue weighted by Gasteiger charge is 2.13. The van der Waals surface area contributed by atoms with Crippen LogP contribution < -0.4 is 5.19 Å². The molecule has 70 valence electrons. The predicted octanol–water partition coefficient (Wildman–Crippen LogP) is 2.41. The summed E-state index contributed by atoms with van der Waals surface area (Å²) >= 11 is 11.4. The minimum absolute atomic E-state index is 0.419. The van der Waals surface area contributed by atoms with Crippen molar-refractivity contribution in [3.05, 3.63) is 28.8 Å². The average Bonchev–Trinajstić information content (AvgIpc) is 2.03. The Morgan fingerprint density at radius 3 is 2.46 bits per heavy atom. The minimum Gasteiger partial charge on any atom is -0.276 e. The molecule has 0 aliphatic heterocycles. The van der Waals surface area contributed by atoms with E-state index in [2.05, 4.69) is 13.1 Å². The molecule has 0 unspecified atom stereocenters. The van der Waals surface area contributed by atoms with E-state index in [-0.39, 0.29) is 0 Å². The van der Waals surface area contributed by atoms with Crippen LogP contribution in [0.25, 0.3) is 0 Å². The van der Waals surface area contributed by atoms with Crippen LogP contribution in [0.2, 0.25) is 18.1 Å². The standard InChI is InChI=1S/C9H10Cl2OSi/c1-13(2)7-5-3-4-6(8(7)10)9(11)12/h3-5,13H,1-2H3. The first kappa shape index (κ1) is 10.8. The van der Waals surface area contributed by atoms with E-state index in [1.165, 1.54) is 0 Å². The molecule has 4 heteroatoms. The Hall–Kier alpha value is -0.313. The Bertz CT molecular complexity index is 336. The third-order valence-corrected chi connectivity index (χ3v) is 4.40. The Balaban J connectivity index is 3.26. The molecule has 0 radical (unpaired) electrons. The van der Waals surface area contributed by atoms with Gasteiger partial charge in [-0.15, -0.1) is 0 Å². The van der Waals surface area contributed by atoms with Crippen molar-refractivity contribution in [2.24, 2.45) is 0 Å². The Labute approximate surface area is 89.3 Å². The summed E-state index contributed by atoms with van der Waals surface area (Å²) in [6.45, 7) is 4.31. The number of halogens is 2. The van der Waals surface area contributed by atoms with E-state index in [4.69, 9.17) is 23.2 Å². The molecular formula is C9H10Cl2OSi. The van der Waals surface area contributed by atoms with E-state index in [9.17, 15) is 4.79 Å². The topological polar surface area (TPSA) is 17.1 Å². The lowest BCUT2D eigenvalue weighted by Gasteiger charge is -2.08. The highest BCUT2D eigenvalue weighted by atomic mass is 35.5. The summed E-state index contributed by atoms with van der Waals surface area (Å²) in [4.78, 5) is 10.9. The third kappa shape index (κ3) is 2.33. The van der Waals surface area contributed by atoms with Crippen molar-refractivity contribution in [2.75, 3.05) is 0 Å². The summed E-state index contributed by atoms with van der Waals surface area (Å²) in [5.74, 6) is 0. The lowest BCUT2D eigenvalue weighted by Crippen LogP contribution is -2.24. The van der Waals surface area contributed by atoms with Crippen LogP contribution in [0.4, 0.5) is 0 Å². The van der Waals surface area contributed by atoms with Crippen LogP contribution in [-0.2, 0) is 0 Å². The van der Waals surface area contributed by atoms with E-state index in [0.717, 1.165) is 5.19 Å². The number of carbonyl (C=O) groups is 1. The first-order valence-electron chi connectivity index (χ1n) is 4.02. The summed E-state index contributed by atoms with van der Waals surface area (Å²) in [7, 11) is -0.980. The van der Waals surface area contributed by atoms with Gasteiger partial charge in [0, 0.05) is 0 Å². The number of benzene rings is 1. The minimum atomic E-state index is -0.980. The van der Waals surface area contributed by atoms with Gasteiger partial charge in [0.05, 0.1) is 19.4 Å². The summed E-state index contributed by atoms with van der Waals surface area (Å²) in [5, 5.41) is 1.14. The van der Waals surface area contributed by atoms with Crippen LogP contribution in [0.3, 0.4) is 0 Å². The molecule has 0 saturated heterocycles. The van der Waals surface area contributed by atoms with Crippen molar-refractivity contribution in [3.8, 4) is 0 Å². The fraction of sp³-hybridized carbons (Fsp3) is 0.222. The molecule has 0 aromatic heterocycles. The molecule has 13 heavy (non-hydrogen) atoms. The second-order valence-corrected chi connectivity index (χ2v) is 6.79. The van der Waals surface area contributed by atoms with Gasteiger partial charge in [0.15, 0.2) is 0 Å². The maximum Gasteiger partial charge on any atom is 0.253 e. The van der Waals surface area contributed by atoms with Crippen LogP contribution in [0.5, 0.6) is 0 Å². The maximum atomic E-state index is 10.9. The van der Waals surface area contributed by atoms with Crippen molar-refractivity contribution in [1.82, 2.24) is 0 Å². The molecule has 0 atom stereocenters. The van der Waals surface area contributed by atoms with Gasteiger partial charge in [-0.3, -0.25) is 4.79 Å². The number of rotatable bonds is 2. The van der Waals surface area contributed by atoms with Crippen molar-refractivity contribution in [2.45, 2.75) is 13.1 Å². The highest BCUT2D eigenvalue weighted by molar-refractivity contribution is 6.75. The fourth-order valence-electron chi connectivity index (χ4n) is 1.15. The van der Waals surface area contributed by atoms with E-state index in [1.807, 2.05) is 12.1 Å². The summed E-state index contributed by atoms with van der Waals surface area (Å²) in [6, 6.07) is 5.43. The number of hydrogen-bond donors (Lipinski definition) is 0. The van der Waals surface area contributed by atoms with E-state index in [0.29, 0.717) is 10.6 Å². The summed E-state index contributed by atoms with van der Waals surface area (Å²) in [6.07, 6.45) is 0. The zero-order valence-corrected chi connectivity index (χ0v) is 10.1. The van der Waals surface area contributed by atoms with Gasteiger partial charge in [0.2, 0.25) is 0 Å². The summed E-state index contributed by atoms with van der Waals surface area (Å²) in [5.41, 5.74) is 0.419. The van der Waals surface area contributed by atoms with E-state index in [1.54, 1.807) is 6.07 Å². The molecule has 1 aromatic carbocycles. The highest BCUT2D eigenvalue weighted by Crippen LogP contribution is 2.16. The number of hydrogen-bond acceptors (Lipinski definition) is 1. The molecule has 0 bridgehead atoms. The smallest absolute Gasteiger partial charge is 0.253 e. The van der Waals surface area contributed by atoms with Gasteiger partial charge in [-0.1, -0.05) is 36.8 Å². The van der Waals surface area contributed by atoms with Crippen LogP contribution in [-0.4, -0.2) is 14.0 Å². The monoisotopic (exact) mass is 232 g/mol. The molecule has 0 amide bonds. The number of carbonyl (C=O) groups excluding carboxylic acids is 1. The van der Waals surface area contributed by atoms with Crippen molar-refractivity contribution >= 4 is 42.4 Å². The Morgan fingerprint density at radius 2 is 2.00 bits per heavy atom. The molecule has 0 heterocycles. The second-order valence-electron chi connectivity index (χ2n) is 3.14. The van der Waals surface area contributed by atoms with Crippen molar-refractivity contribution in [3.63, 3.8) is 0 Å². The van der Waals surface area contributed by atoms with Gasteiger partial charge in [0.1, 0.15) is 0 Å². The maximum absolute atomic E-state index is 10.9. The van der Waals surface area contributed by atoms with Gasteiger partial charge in [-0.05, 0) is 22.9 Å². The quantitative estimate of drug-likeness (QED) is 0.566. The fourth-order valence-corrected chi connectivity index (χ4v) is 3.38. The SMILES string of the molecule is C[SiH](C)c1cccc(C(=O)Cl)c1Cl. The van der Waals surface area contributed by atoms with Gasteiger partial charge >= 0.3 is 0 Å². The second kappa shape index (κ2) is 4.27. The molecular weight excluding hydrogens is 223 g/mol. The summed E-state index contributed by atoms with van der Waals surface area (Å²) < 4.78 is 0. The zero-order valence-electron chi connectivity index (χ0n) is 7.47. The largest absolute Gasteiger partial charge is 0.276 e. The van der Waals surface area contributed by atoms with Crippen LogP contribution in [0.1, 0.15) is 10.4 Å². The van der Waals surface area contributed by atoms with E-state index >= 15 is 0 Å².